The lowest BCUT2D eigenvalue weighted by Gasteiger charge is -2.13. The third-order valence-corrected chi connectivity index (χ3v) is 3.55. The highest BCUT2D eigenvalue weighted by molar-refractivity contribution is 9.10. The first-order chi connectivity index (χ1) is 10.6. The van der Waals surface area contributed by atoms with Gasteiger partial charge in [-0.15, -0.1) is 0 Å². The zero-order valence-electron chi connectivity index (χ0n) is 12.7. The Morgan fingerprint density at radius 1 is 1.45 bits per heavy atom. The zero-order valence-corrected chi connectivity index (χ0v) is 14.3. The first-order valence-corrected chi connectivity index (χ1v) is 7.91. The Bertz CT molecular complexity index is 630. The van der Waals surface area contributed by atoms with Gasteiger partial charge in [0.2, 0.25) is 11.8 Å². The largest absolute Gasteiger partial charge is 0.338 e. The highest BCUT2D eigenvalue weighted by Gasteiger charge is 2.10. The third-order valence-electron chi connectivity index (χ3n) is 3.06. The molecule has 0 saturated carbocycles. The molecule has 2 aromatic rings. The van der Waals surface area contributed by atoms with Crippen molar-refractivity contribution in [2.24, 2.45) is 0 Å². The molecule has 0 bridgehead atoms. The molecule has 6 nitrogen and oxygen atoms in total. The van der Waals surface area contributed by atoms with Gasteiger partial charge in [0.25, 0.3) is 0 Å². The van der Waals surface area contributed by atoms with Gasteiger partial charge < -0.3 is 9.84 Å². The lowest BCUT2D eigenvalue weighted by Crippen LogP contribution is -2.24. The molecule has 1 aromatic carbocycles. The highest BCUT2D eigenvalue weighted by Crippen LogP contribution is 2.15. The molecule has 1 heterocycles. The minimum absolute atomic E-state index is 0.0234. The average Bonchev–Trinajstić information content (AvgIpc) is 2.93. The molecule has 0 unspecified atom stereocenters. The van der Waals surface area contributed by atoms with E-state index in [1.54, 1.807) is 0 Å². The minimum atomic E-state index is -0.0234. The van der Waals surface area contributed by atoms with Gasteiger partial charge in [-0.05, 0) is 25.2 Å². The van der Waals surface area contributed by atoms with Crippen molar-refractivity contribution in [1.82, 2.24) is 15.0 Å². The molecule has 0 spiro atoms. The number of nitrogens with one attached hydrogen (secondary N) is 1. The van der Waals surface area contributed by atoms with E-state index < -0.39 is 0 Å². The summed E-state index contributed by atoms with van der Waals surface area (Å²) in [4.78, 5) is 18.2. The maximum Gasteiger partial charge on any atom is 0.240 e. The van der Waals surface area contributed by atoms with E-state index in [4.69, 9.17) is 4.52 Å². The van der Waals surface area contributed by atoms with Gasteiger partial charge in [-0.2, -0.15) is 4.98 Å². The summed E-state index contributed by atoms with van der Waals surface area (Å²) in [6.07, 6.45) is 1.15. The van der Waals surface area contributed by atoms with Crippen LogP contribution in [0.4, 0.5) is 5.69 Å². The van der Waals surface area contributed by atoms with Crippen molar-refractivity contribution in [3.05, 3.63) is 40.5 Å². The normalized spacial score (nSPS) is 10.9. The monoisotopic (exact) mass is 366 g/mol. The number of aromatic nitrogens is 2. The summed E-state index contributed by atoms with van der Waals surface area (Å²) >= 11 is 3.38. The van der Waals surface area contributed by atoms with E-state index in [9.17, 15) is 4.79 Å². The van der Waals surface area contributed by atoms with Crippen molar-refractivity contribution in [2.75, 3.05) is 18.9 Å². The number of carbonyl (C=O) groups excluding carboxylic acids is 1. The standard InChI is InChI=1S/C15H19BrN4O2/c1-3-13-18-15(22-19-13)10-20(2)8-7-14(21)17-12-6-4-5-11(16)9-12/h4-6,9H,3,7-8,10H2,1-2H3,(H,17,21). The number of anilines is 1. The van der Waals surface area contributed by atoms with Crippen LogP contribution in [0.3, 0.4) is 0 Å². The SMILES string of the molecule is CCc1noc(CN(C)CCC(=O)Nc2cccc(Br)c2)n1. The summed E-state index contributed by atoms with van der Waals surface area (Å²) in [6.45, 7) is 3.13. The molecule has 1 N–H and O–H groups in total. The van der Waals surface area contributed by atoms with Gasteiger partial charge in [0.05, 0.1) is 6.54 Å². The van der Waals surface area contributed by atoms with E-state index in [1.807, 2.05) is 43.1 Å². The van der Waals surface area contributed by atoms with Gasteiger partial charge in [-0.3, -0.25) is 9.69 Å². The third kappa shape index (κ3) is 5.23. The summed E-state index contributed by atoms with van der Waals surface area (Å²) < 4.78 is 6.07. The highest BCUT2D eigenvalue weighted by atomic mass is 79.9. The number of amides is 1. The molecule has 0 aliphatic heterocycles. The fraction of sp³-hybridized carbons (Fsp3) is 0.400. The molecule has 0 aliphatic carbocycles. The van der Waals surface area contributed by atoms with E-state index >= 15 is 0 Å². The van der Waals surface area contributed by atoms with Gasteiger partial charge in [0.1, 0.15) is 0 Å². The lowest BCUT2D eigenvalue weighted by molar-refractivity contribution is -0.116. The fourth-order valence-corrected chi connectivity index (χ4v) is 2.29. The van der Waals surface area contributed by atoms with E-state index in [-0.39, 0.29) is 5.91 Å². The summed E-state index contributed by atoms with van der Waals surface area (Å²) in [5, 5.41) is 6.72. The summed E-state index contributed by atoms with van der Waals surface area (Å²) in [7, 11) is 1.92. The Labute approximate surface area is 138 Å². The number of hydrogen-bond donors (Lipinski definition) is 1. The second-order valence-corrected chi connectivity index (χ2v) is 5.92. The first kappa shape index (κ1) is 16.6. The number of nitrogens with zero attached hydrogens (tertiary/aromatic N) is 3. The molecule has 0 saturated heterocycles. The Kier molecular flexibility index (Phi) is 6.09. The Hall–Kier alpha value is -1.73. The number of aryl methyl sites for hydroxylation is 1. The Morgan fingerprint density at radius 3 is 2.95 bits per heavy atom. The van der Waals surface area contributed by atoms with Gasteiger partial charge in [0, 0.05) is 29.5 Å². The van der Waals surface area contributed by atoms with Crippen LogP contribution in [-0.4, -0.2) is 34.5 Å². The molecule has 1 aromatic heterocycles. The maximum absolute atomic E-state index is 11.9. The topological polar surface area (TPSA) is 71.3 Å². The minimum Gasteiger partial charge on any atom is -0.338 e. The zero-order chi connectivity index (χ0) is 15.9. The number of carbonyl (C=O) groups is 1. The van der Waals surface area contributed by atoms with Crippen LogP contribution in [0.15, 0.2) is 33.3 Å². The van der Waals surface area contributed by atoms with E-state index in [1.165, 1.54) is 0 Å². The smallest absolute Gasteiger partial charge is 0.240 e. The summed E-state index contributed by atoms with van der Waals surface area (Å²) in [5.74, 6) is 1.26. The molecule has 0 radical (unpaired) electrons. The quantitative estimate of drug-likeness (QED) is 0.815. The van der Waals surface area contributed by atoms with Gasteiger partial charge in [-0.1, -0.05) is 34.1 Å². The van der Waals surface area contributed by atoms with E-state index in [0.29, 0.717) is 31.2 Å². The molecular formula is C15H19BrN4O2. The van der Waals surface area contributed by atoms with Crippen molar-refractivity contribution in [3.8, 4) is 0 Å². The molecule has 0 aliphatic rings. The second kappa shape index (κ2) is 8.05. The van der Waals surface area contributed by atoms with Gasteiger partial charge in [-0.25, -0.2) is 0 Å². The molecule has 22 heavy (non-hydrogen) atoms. The van der Waals surface area contributed by atoms with Gasteiger partial charge >= 0.3 is 0 Å². The molecule has 7 heteroatoms. The maximum atomic E-state index is 11.9. The van der Waals surface area contributed by atoms with Crippen LogP contribution < -0.4 is 5.32 Å². The van der Waals surface area contributed by atoms with Crippen LogP contribution in [0, 0.1) is 0 Å². The summed E-state index contributed by atoms with van der Waals surface area (Å²) in [6, 6.07) is 7.52. The fourth-order valence-electron chi connectivity index (χ4n) is 1.89. The molecule has 2 rings (SSSR count). The predicted molar refractivity (Wildman–Crippen MR) is 87.4 cm³/mol. The van der Waals surface area contributed by atoms with Crippen LogP contribution in [0.1, 0.15) is 25.1 Å². The van der Waals surface area contributed by atoms with Crippen molar-refractivity contribution in [3.63, 3.8) is 0 Å². The second-order valence-electron chi connectivity index (χ2n) is 5.00. The van der Waals surface area contributed by atoms with E-state index in [2.05, 4.69) is 31.4 Å². The molecule has 0 atom stereocenters. The van der Waals surface area contributed by atoms with Crippen LogP contribution in [0.5, 0.6) is 0 Å². The van der Waals surface area contributed by atoms with Crippen molar-refractivity contribution >= 4 is 27.5 Å². The van der Waals surface area contributed by atoms with Crippen molar-refractivity contribution < 1.29 is 9.32 Å². The molecule has 0 fully saturated rings. The van der Waals surface area contributed by atoms with Crippen LogP contribution in [0.2, 0.25) is 0 Å². The summed E-state index contributed by atoms with van der Waals surface area (Å²) in [5.41, 5.74) is 0.784. The first-order valence-electron chi connectivity index (χ1n) is 7.12. The number of benzene rings is 1. The Morgan fingerprint density at radius 2 is 2.27 bits per heavy atom. The number of hydrogen-bond acceptors (Lipinski definition) is 5. The molecule has 1 amide bonds. The average molecular weight is 367 g/mol. The predicted octanol–water partition coefficient (Wildman–Crippen LogP) is 2.86. The lowest BCUT2D eigenvalue weighted by atomic mass is 10.3. The van der Waals surface area contributed by atoms with Crippen molar-refractivity contribution in [2.45, 2.75) is 26.3 Å². The Balaban J connectivity index is 1.75. The number of halogens is 1. The van der Waals surface area contributed by atoms with Crippen molar-refractivity contribution in [1.29, 1.82) is 0 Å². The number of rotatable bonds is 7. The van der Waals surface area contributed by atoms with Crippen LogP contribution in [0.25, 0.3) is 0 Å². The van der Waals surface area contributed by atoms with Gasteiger partial charge in [0.15, 0.2) is 5.82 Å². The van der Waals surface area contributed by atoms with Crippen LogP contribution in [-0.2, 0) is 17.8 Å². The molecular weight excluding hydrogens is 348 g/mol. The molecule has 118 valence electrons. The van der Waals surface area contributed by atoms with E-state index in [0.717, 1.165) is 16.6 Å². The van der Waals surface area contributed by atoms with Crippen LogP contribution >= 0.6 is 15.9 Å².